The van der Waals surface area contributed by atoms with Crippen LogP contribution in [0.3, 0.4) is 0 Å². The van der Waals surface area contributed by atoms with Gasteiger partial charge in [-0.05, 0) is 57.4 Å². The summed E-state index contributed by atoms with van der Waals surface area (Å²) in [6.45, 7) is 4.46. The first-order valence-corrected chi connectivity index (χ1v) is 12.4. The standard InChI is InChI=1S/C25H33F3N6O2/c1-3-20-23(31-17-6-4-16(5-7-17)24(35)36)32-22(15-29-20)30-18-8-9-21(19(14-18)25(26,27)28)34-12-10-33(2)11-13-34/h8-9,14-17H,3-7,10-13H2,1-2H3,(H,35,36)(H2,30,31,32). The maximum Gasteiger partial charge on any atom is 0.418 e. The van der Waals surface area contributed by atoms with Crippen LogP contribution in [0.5, 0.6) is 0 Å². The third-order valence-corrected chi connectivity index (χ3v) is 7.02. The van der Waals surface area contributed by atoms with Crippen LogP contribution in [0.4, 0.5) is 36.2 Å². The molecular formula is C25H33F3N6O2. The van der Waals surface area contributed by atoms with Gasteiger partial charge in [-0.25, -0.2) is 4.98 Å². The zero-order valence-electron chi connectivity index (χ0n) is 20.6. The summed E-state index contributed by atoms with van der Waals surface area (Å²) in [4.78, 5) is 24.2. The Morgan fingerprint density at radius 2 is 1.83 bits per heavy atom. The second-order valence-electron chi connectivity index (χ2n) is 9.58. The van der Waals surface area contributed by atoms with Crippen molar-refractivity contribution in [2.24, 2.45) is 5.92 Å². The van der Waals surface area contributed by atoms with E-state index in [0.717, 1.165) is 11.8 Å². The Morgan fingerprint density at radius 1 is 1.14 bits per heavy atom. The van der Waals surface area contributed by atoms with E-state index in [0.29, 0.717) is 69.9 Å². The molecule has 1 aliphatic carbocycles. The number of piperazine rings is 1. The summed E-state index contributed by atoms with van der Waals surface area (Å²) >= 11 is 0. The minimum atomic E-state index is -4.49. The number of alkyl halides is 3. The number of benzene rings is 1. The highest BCUT2D eigenvalue weighted by molar-refractivity contribution is 5.70. The highest BCUT2D eigenvalue weighted by atomic mass is 19.4. The lowest BCUT2D eigenvalue weighted by Gasteiger charge is -2.35. The van der Waals surface area contributed by atoms with Gasteiger partial charge in [0.15, 0.2) is 5.82 Å². The first-order valence-electron chi connectivity index (χ1n) is 12.4. The number of hydrogen-bond acceptors (Lipinski definition) is 7. The van der Waals surface area contributed by atoms with Gasteiger partial charge in [-0.1, -0.05) is 6.92 Å². The molecule has 2 heterocycles. The van der Waals surface area contributed by atoms with Crippen molar-refractivity contribution in [2.45, 2.75) is 51.2 Å². The molecule has 196 valence electrons. The number of anilines is 4. The van der Waals surface area contributed by atoms with E-state index in [9.17, 15) is 23.1 Å². The number of carboxylic acids is 1. The van der Waals surface area contributed by atoms with Crippen molar-refractivity contribution in [2.75, 3.05) is 48.8 Å². The molecule has 0 bridgehead atoms. The lowest BCUT2D eigenvalue weighted by atomic mass is 9.86. The molecule has 2 fully saturated rings. The Hall–Kier alpha value is -3.08. The predicted molar refractivity (Wildman–Crippen MR) is 133 cm³/mol. The molecule has 4 rings (SSSR count). The van der Waals surface area contributed by atoms with Crippen molar-refractivity contribution in [3.63, 3.8) is 0 Å². The minimum Gasteiger partial charge on any atom is -0.481 e. The zero-order chi connectivity index (χ0) is 25.9. The Kier molecular flexibility index (Phi) is 7.87. The molecule has 0 amide bonds. The lowest BCUT2D eigenvalue weighted by molar-refractivity contribution is -0.142. The molecule has 1 saturated carbocycles. The monoisotopic (exact) mass is 506 g/mol. The predicted octanol–water partition coefficient (Wildman–Crippen LogP) is 4.61. The summed E-state index contributed by atoms with van der Waals surface area (Å²) < 4.78 is 41.9. The van der Waals surface area contributed by atoms with Crippen LogP contribution < -0.4 is 15.5 Å². The molecule has 36 heavy (non-hydrogen) atoms. The van der Waals surface area contributed by atoms with E-state index in [1.54, 1.807) is 11.0 Å². The average molecular weight is 507 g/mol. The molecule has 1 aliphatic heterocycles. The zero-order valence-corrected chi connectivity index (χ0v) is 20.6. The number of aliphatic carboxylic acids is 1. The number of rotatable bonds is 7. The number of hydrogen-bond donors (Lipinski definition) is 3. The molecule has 1 aromatic heterocycles. The number of likely N-dealkylation sites (N-methyl/N-ethyl adjacent to an activating group) is 1. The average Bonchev–Trinajstić information content (AvgIpc) is 2.85. The van der Waals surface area contributed by atoms with Crippen LogP contribution in [0.1, 0.15) is 43.9 Å². The van der Waals surface area contributed by atoms with Gasteiger partial charge in [0.2, 0.25) is 0 Å². The summed E-state index contributed by atoms with van der Waals surface area (Å²) in [5, 5.41) is 15.6. The molecule has 11 heteroatoms. The molecule has 0 spiro atoms. The van der Waals surface area contributed by atoms with Gasteiger partial charge < -0.3 is 25.5 Å². The molecule has 3 N–H and O–H groups in total. The van der Waals surface area contributed by atoms with Crippen LogP contribution in [-0.2, 0) is 17.4 Å². The fourth-order valence-electron chi connectivity index (χ4n) is 4.84. The number of carboxylic acid groups (broad SMARTS) is 1. The van der Waals surface area contributed by atoms with Crippen LogP contribution in [-0.4, -0.2) is 65.2 Å². The lowest BCUT2D eigenvalue weighted by Crippen LogP contribution is -2.45. The van der Waals surface area contributed by atoms with Gasteiger partial charge in [0.05, 0.1) is 23.4 Å². The largest absolute Gasteiger partial charge is 0.481 e. The van der Waals surface area contributed by atoms with Crippen molar-refractivity contribution in [3.05, 3.63) is 35.7 Å². The molecule has 2 aromatic rings. The number of halogens is 3. The Labute approximate surface area is 208 Å². The third-order valence-electron chi connectivity index (χ3n) is 7.02. The van der Waals surface area contributed by atoms with Gasteiger partial charge in [0, 0.05) is 43.6 Å². The van der Waals surface area contributed by atoms with Crippen molar-refractivity contribution >= 4 is 29.0 Å². The first kappa shape index (κ1) is 26.0. The number of nitrogens with one attached hydrogen (secondary N) is 2. The normalized spacial score (nSPS) is 21.3. The van der Waals surface area contributed by atoms with Gasteiger partial charge >= 0.3 is 12.1 Å². The highest BCUT2D eigenvalue weighted by Crippen LogP contribution is 2.39. The minimum absolute atomic E-state index is 0.0788. The number of aryl methyl sites for hydroxylation is 1. The Morgan fingerprint density at radius 3 is 2.44 bits per heavy atom. The van der Waals surface area contributed by atoms with Crippen LogP contribution in [0.15, 0.2) is 24.4 Å². The topological polar surface area (TPSA) is 93.6 Å². The maximum absolute atomic E-state index is 14.0. The van der Waals surface area contributed by atoms with Gasteiger partial charge in [-0.3, -0.25) is 9.78 Å². The third kappa shape index (κ3) is 6.18. The Balaban J connectivity index is 1.52. The molecule has 1 aromatic carbocycles. The van der Waals surface area contributed by atoms with E-state index in [1.165, 1.54) is 12.3 Å². The summed E-state index contributed by atoms with van der Waals surface area (Å²) in [5.41, 5.74) is 0.547. The van der Waals surface area contributed by atoms with Crippen LogP contribution in [0, 0.1) is 5.92 Å². The van der Waals surface area contributed by atoms with Gasteiger partial charge in [-0.2, -0.15) is 13.2 Å². The van der Waals surface area contributed by atoms with Crippen molar-refractivity contribution in [3.8, 4) is 0 Å². The second kappa shape index (κ2) is 10.9. The van der Waals surface area contributed by atoms with Crippen LogP contribution >= 0.6 is 0 Å². The van der Waals surface area contributed by atoms with E-state index in [-0.39, 0.29) is 23.3 Å². The molecule has 0 unspecified atom stereocenters. The second-order valence-corrected chi connectivity index (χ2v) is 9.58. The van der Waals surface area contributed by atoms with Gasteiger partial charge in [-0.15, -0.1) is 0 Å². The molecule has 8 nitrogen and oxygen atoms in total. The van der Waals surface area contributed by atoms with Crippen molar-refractivity contribution < 1.29 is 23.1 Å². The highest BCUT2D eigenvalue weighted by Gasteiger charge is 2.36. The van der Waals surface area contributed by atoms with E-state index < -0.39 is 17.7 Å². The van der Waals surface area contributed by atoms with Crippen LogP contribution in [0.25, 0.3) is 0 Å². The van der Waals surface area contributed by atoms with Gasteiger partial charge in [0.25, 0.3) is 0 Å². The number of aromatic nitrogens is 2. The Bertz CT molecular complexity index is 1060. The van der Waals surface area contributed by atoms with E-state index in [1.807, 2.05) is 14.0 Å². The fraction of sp³-hybridized carbons (Fsp3) is 0.560. The number of nitrogens with zero attached hydrogens (tertiary/aromatic N) is 4. The molecule has 2 aliphatic rings. The molecule has 1 saturated heterocycles. The summed E-state index contributed by atoms with van der Waals surface area (Å²) in [6, 6.07) is 4.36. The smallest absolute Gasteiger partial charge is 0.418 e. The van der Waals surface area contributed by atoms with Crippen molar-refractivity contribution in [1.29, 1.82) is 0 Å². The van der Waals surface area contributed by atoms with E-state index in [2.05, 4.69) is 25.5 Å². The van der Waals surface area contributed by atoms with E-state index in [4.69, 9.17) is 0 Å². The molecular weight excluding hydrogens is 473 g/mol. The quantitative estimate of drug-likeness (QED) is 0.502. The fourth-order valence-corrected chi connectivity index (χ4v) is 4.84. The summed E-state index contributed by atoms with van der Waals surface area (Å²) in [7, 11) is 1.96. The molecule has 0 radical (unpaired) electrons. The van der Waals surface area contributed by atoms with Crippen LogP contribution in [0.2, 0.25) is 0 Å². The molecule has 0 atom stereocenters. The maximum atomic E-state index is 14.0. The van der Waals surface area contributed by atoms with Gasteiger partial charge in [0.1, 0.15) is 5.82 Å². The van der Waals surface area contributed by atoms with E-state index >= 15 is 0 Å². The van der Waals surface area contributed by atoms with Crippen molar-refractivity contribution in [1.82, 2.24) is 14.9 Å². The number of carbonyl (C=O) groups is 1. The summed E-state index contributed by atoms with van der Waals surface area (Å²) in [6.07, 6.45) is 0.282. The summed E-state index contributed by atoms with van der Waals surface area (Å²) in [5.74, 6) is -0.157. The SMILES string of the molecule is CCc1ncc(Nc2ccc(N3CCN(C)CC3)c(C(F)(F)F)c2)nc1NC1CCC(C(=O)O)CC1. The first-order chi connectivity index (χ1) is 17.1.